The van der Waals surface area contributed by atoms with Gasteiger partial charge in [-0.1, -0.05) is 26.7 Å². The van der Waals surface area contributed by atoms with Crippen molar-refractivity contribution < 1.29 is 23.8 Å². The zero-order valence-electron chi connectivity index (χ0n) is 23.1. The lowest BCUT2D eigenvalue weighted by Crippen LogP contribution is -2.59. The van der Waals surface area contributed by atoms with Gasteiger partial charge in [0.2, 0.25) is 5.79 Å². The molecule has 200 valence electrons. The quantitative estimate of drug-likeness (QED) is 0.473. The average molecular weight is 501 g/mol. The van der Waals surface area contributed by atoms with E-state index in [-0.39, 0.29) is 12.3 Å². The summed E-state index contributed by atoms with van der Waals surface area (Å²) in [6, 6.07) is 1.50. The van der Waals surface area contributed by atoms with Crippen LogP contribution in [0.2, 0.25) is 0 Å². The number of carbonyl (C=O) groups is 2. The van der Waals surface area contributed by atoms with Crippen LogP contribution in [0.3, 0.4) is 0 Å². The number of nitrogens with zero attached hydrogens (tertiary/aromatic N) is 1. The molecule has 1 aromatic rings. The summed E-state index contributed by atoms with van der Waals surface area (Å²) in [6.45, 7) is 13.1. The Labute approximate surface area is 216 Å². The van der Waals surface area contributed by atoms with Crippen molar-refractivity contribution in [2.75, 3.05) is 0 Å². The standard InChI is InChI=1S/C29H44N2O5/c1-18(2)14-24(31-26(33)35-27(3,4)5)29(25(32)34-28(6,7)36-29)17-23-22-11-10-20(15-19-8-9-19)16-21(22)12-13-30-23/h12-13,18-20,24H,8-11,14-17H2,1-7H3,(H,31,33)/t20?,24-,29+/m0/s1. The highest BCUT2D eigenvalue weighted by Gasteiger charge is 2.59. The minimum Gasteiger partial charge on any atom is -0.444 e. The molecule has 3 aliphatic rings. The molecule has 2 heterocycles. The molecule has 2 fully saturated rings. The van der Waals surface area contributed by atoms with Gasteiger partial charge in [0, 0.05) is 32.2 Å². The Morgan fingerprint density at radius 2 is 1.94 bits per heavy atom. The van der Waals surface area contributed by atoms with E-state index in [0.29, 0.717) is 6.42 Å². The lowest BCUT2D eigenvalue weighted by Gasteiger charge is -2.37. The maximum absolute atomic E-state index is 13.6. The van der Waals surface area contributed by atoms with Crippen LogP contribution in [-0.4, -0.2) is 40.1 Å². The Morgan fingerprint density at radius 1 is 1.22 bits per heavy atom. The summed E-state index contributed by atoms with van der Waals surface area (Å²) in [5.41, 5.74) is 1.38. The molecule has 36 heavy (non-hydrogen) atoms. The first kappa shape index (κ1) is 26.9. The summed E-state index contributed by atoms with van der Waals surface area (Å²) in [5.74, 6) is 0.273. The molecule has 0 spiro atoms. The lowest BCUT2D eigenvalue weighted by molar-refractivity contribution is -0.170. The number of hydrogen-bond donors (Lipinski definition) is 1. The number of cyclic esters (lactones) is 1. The molecule has 3 atom stereocenters. The van der Waals surface area contributed by atoms with Gasteiger partial charge < -0.3 is 19.5 Å². The first-order chi connectivity index (χ1) is 16.8. The molecule has 1 N–H and O–H groups in total. The molecule has 4 rings (SSSR count). The van der Waals surface area contributed by atoms with E-state index in [1.54, 1.807) is 13.8 Å². The molecule has 7 heteroatoms. The van der Waals surface area contributed by atoms with Gasteiger partial charge in [0.1, 0.15) is 5.60 Å². The Morgan fingerprint density at radius 3 is 2.53 bits per heavy atom. The number of esters is 1. The topological polar surface area (TPSA) is 86.8 Å². The van der Waals surface area contributed by atoms with E-state index in [9.17, 15) is 9.59 Å². The van der Waals surface area contributed by atoms with E-state index >= 15 is 0 Å². The monoisotopic (exact) mass is 500 g/mol. The lowest BCUT2D eigenvalue weighted by atomic mass is 9.78. The van der Waals surface area contributed by atoms with Crippen LogP contribution in [-0.2, 0) is 38.3 Å². The zero-order valence-corrected chi connectivity index (χ0v) is 23.1. The summed E-state index contributed by atoms with van der Waals surface area (Å²) in [5, 5.41) is 2.98. The van der Waals surface area contributed by atoms with Gasteiger partial charge in [-0.2, -0.15) is 0 Å². The number of nitrogens with one attached hydrogen (secondary N) is 1. The minimum atomic E-state index is -1.39. The summed E-state index contributed by atoms with van der Waals surface area (Å²) in [4.78, 5) is 31.2. The highest BCUT2D eigenvalue weighted by molar-refractivity contribution is 5.84. The van der Waals surface area contributed by atoms with Crippen LogP contribution in [0.15, 0.2) is 12.3 Å². The fourth-order valence-corrected chi connectivity index (χ4v) is 5.81. The van der Waals surface area contributed by atoms with Crippen molar-refractivity contribution >= 4 is 12.1 Å². The van der Waals surface area contributed by atoms with Gasteiger partial charge in [0.05, 0.1) is 6.04 Å². The second kappa shape index (κ2) is 9.96. The van der Waals surface area contributed by atoms with Gasteiger partial charge >= 0.3 is 12.1 Å². The minimum absolute atomic E-state index is 0.197. The second-order valence-corrected chi connectivity index (χ2v) is 13.0. The molecule has 1 saturated carbocycles. The molecule has 2 aliphatic carbocycles. The Balaban J connectivity index is 1.65. The van der Waals surface area contributed by atoms with Gasteiger partial charge in [-0.25, -0.2) is 9.59 Å². The molecule has 0 radical (unpaired) electrons. The zero-order chi connectivity index (χ0) is 26.3. The average Bonchev–Trinajstić information content (AvgIpc) is 3.50. The summed E-state index contributed by atoms with van der Waals surface area (Å²) in [6.07, 6.45) is 9.32. The summed E-state index contributed by atoms with van der Waals surface area (Å²) >= 11 is 0. The van der Waals surface area contributed by atoms with E-state index in [1.807, 2.05) is 27.0 Å². The maximum Gasteiger partial charge on any atom is 0.407 e. The summed E-state index contributed by atoms with van der Waals surface area (Å²) < 4.78 is 17.7. The normalized spacial score (nSPS) is 26.3. The van der Waals surface area contributed by atoms with Gasteiger partial charge in [0.25, 0.3) is 0 Å². The van der Waals surface area contributed by atoms with Crippen LogP contribution >= 0.6 is 0 Å². The van der Waals surface area contributed by atoms with Crippen molar-refractivity contribution in [2.45, 2.75) is 123 Å². The Bertz CT molecular complexity index is 978. The van der Waals surface area contributed by atoms with E-state index < -0.39 is 35.1 Å². The van der Waals surface area contributed by atoms with Crippen LogP contribution in [0, 0.1) is 17.8 Å². The largest absolute Gasteiger partial charge is 0.444 e. The molecular formula is C29H44N2O5. The first-order valence-electron chi connectivity index (χ1n) is 13.6. The number of rotatable bonds is 8. The van der Waals surface area contributed by atoms with Crippen LogP contribution in [0.1, 0.15) is 97.4 Å². The predicted molar refractivity (Wildman–Crippen MR) is 137 cm³/mol. The number of pyridine rings is 1. The van der Waals surface area contributed by atoms with Crippen molar-refractivity contribution in [3.63, 3.8) is 0 Å². The molecular weight excluding hydrogens is 456 g/mol. The van der Waals surface area contributed by atoms with Crippen LogP contribution < -0.4 is 5.32 Å². The number of amides is 1. The molecule has 1 unspecified atom stereocenters. The third-order valence-electron chi connectivity index (χ3n) is 7.42. The van der Waals surface area contributed by atoms with E-state index in [1.165, 1.54) is 30.4 Å². The SMILES string of the molecule is CC(C)C[C@H](NC(=O)OC(C)(C)C)[C@@]1(Cc2nccc3c2CCC(CC2CC2)C3)OC(C)(C)OC1=O. The fraction of sp³-hybridized carbons (Fsp3) is 0.759. The predicted octanol–water partition coefficient (Wildman–Crippen LogP) is 5.52. The van der Waals surface area contributed by atoms with Crippen molar-refractivity contribution in [1.82, 2.24) is 10.3 Å². The molecule has 0 bridgehead atoms. The molecule has 1 aromatic heterocycles. The maximum atomic E-state index is 13.6. The van der Waals surface area contributed by atoms with Crippen molar-refractivity contribution in [1.29, 1.82) is 0 Å². The highest BCUT2D eigenvalue weighted by atomic mass is 16.8. The van der Waals surface area contributed by atoms with Gasteiger partial charge in [-0.05, 0) is 87.8 Å². The fourth-order valence-electron chi connectivity index (χ4n) is 5.81. The van der Waals surface area contributed by atoms with E-state index in [0.717, 1.165) is 36.8 Å². The first-order valence-corrected chi connectivity index (χ1v) is 13.6. The van der Waals surface area contributed by atoms with Crippen molar-refractivity contribution in [2.24, 2.45) is 17.8 Å². The van der Waals surface area contributed by atoms with Crippen molar-refractivity contribution in [3.8, 4) is 0 Å². The molecule has 7 nitrogen and oxygen atoms in total. The molecule has 1 saturated heterocycles. The van der Waals surface area contributed by atoms with Gasteiger partial charge in [-0.3, -0.25) is 4.98 Å². The molecule has 1 aliphatic heterocycles. The Hall–Kier alpha value is -2.15. The number of carbonyl (C=O) groups excluding carboxylic acids is 2. The highest BCUT2D eigenvalue weighted by Crippen LogP contribution is 2.42. The third-order valence-corrected chi connectivity index (χ3v) is 7.42. The van der Waals surface area contributed by atoms with Crippen LogP contribution in [0.4, 0.5) is 4.79 Å². The van der Waals surface area contributed by atoms with E-state index in [4.69, 9.17) is 19.2 Å². The van der Waals surface area contributed by atoms with Gasteiger partial charge in [-0.15, -0.1) is 0 Å². The third kappa shape index (κ3) is 6.39. The Kier molecular flexibility index (Phi) is 7.44. The van der Waals surface area contributed by atoms with Crippen LogP contribution in [0.5, 0.6) is 0 Å². The number of fused-ring (bicyclic) bond motifs is 1. The van der Waals surface area contributed by atoms with Gasteiger partial charge in [0.15, 0.2) is 5.60 Å². The second-order valence-electron chi connectivity index (χ2n) is 13.0. The van der Waals surface area contributed by atoms with E-state index in [2.05, 4.69) is 25.2 Å². The molecule has 1 amide bonds. The number of aromatic nitrogens is 1. The number of hydrogen-bond acceptors (Lipinski definition) is 6. The van der Waals surface area contributed by atoms with Crippen LogP contribution in [0.25, 0.3) is 0 Å². The smallest absolute Gasteiger partial charge is 0.407 e. The molecule has 0 aromatic carbocycles. The number of ether oxygens (including phenoxy) is 3. The number of alkyl carbamates (subject to hydrolysis) is 1. The summed E-state index contributed by atoms with van der Waals surface area (Å²) in [7, 11) is 0. The van der Waals surface area contributed by atoms with Crippen molar-refractivity contribution in [3.05, 3.63) is 29.1 Å².